The SMILES string of the molecule is CC(C)(C)Cc1ccc2nc(Cl)c3ccccc3c2c1. The molecule has 2 heteroatoms. The van der Waals surface area contributed by atoms with E-state index in [-0.39, 0.29) is 5.41 Å². The Morgan fingerprint density at radius 2 is 1.65 bits per heavy atom. The number of benzene rings is 2. The van der Waals surface area contributed by atoms with Crippen LogP contribution in [0, 0.1) is 5.41 Å². The maximum absolute atomic E-state index is 6.27. The van der Waals surface area contributed by atoms with E-state index in [0.717, 1.165) is 17.3 Å². The van der Waals surface area contributed by atoms with Crippen LogP contribution in [0.3, 0.4) is 0 Å². The van der Waals surface area contributed by atoms with Crippen LogP contribution in [-0.2, 0) is 6.42 Å². The highest BCUT2D eigenvalue weighted by Gasteiger charge is 2.13. The maximum Gasteiger partial charge on any atom is 0.137 e. The highest BCUT2D eigenvalue weighted by atomic mass is 35.5. The number of nitrogens with zero attached hydrogens (tertiary/aromatic N) is 1. The average molecular weight is 284 g/mol. The second-order valence-corrected chi connectivity index (χ2v) is 6.90. The van der Waals surface area contributed by atoms with Gasteiger partial charge in [0.15, 0.2) is 0 Å². The molecule has 0 bridgehead atoms. The molecule has 0 saturated carbocycles. The quantitative estimate of drug-likeness (QED) is 0.416. The van der Waals surface area contributed by atoms with Crippen molar-refractivity contribution >= 4 is 33.3 Å². The van der Waals surface area contributed by atoms with Crippen molar-refractivity contribution in [3.05, 3.63) is 53.2 Å². The predicted octanol–water partition coefficient (Wildman–Crippen LogP) is 5.63. The van der Waals surface area contributed by atoms with Crippen molar-refractivity contribution in [1.82, 2.24) is 4.98 Å². The van der Waals surface area contributed by atoms with E-state index in [2.05, 4.69) is 56.1 Å². The van der Waals surface area contributed by atoms with Gasteiger partial charge in [-0.25, -0.2) is 4.98 Å². The van der Waals surface area contributed by atoms with Crippen molar-refractivity contribution in [1.29, 1.82) is 0 Å². The highest BCUT2D eigenvalue weighted by molar-refractivity contribution is 6.35. The summed E-state index contributed by atoms with van der Waals surface area (Å²) in [6.07, 6.45) is 1.06. The molecule has 0 N–H and O–H groups in total. The van der Waals surface area contributed by atoms with Gasteiger partial charge in [0.2, 0.25) is 0 Å². The molecule has 20 heavy (non-hydrogen) atoms. The first kappa shape index (κ1) is 13.4. The van der Waals surface area contributed by atoms with Crippen LogP contribution in [0.2, 0.25) is 5.15 Å². The summed E-state index contributed by atoms with van der Waals surface area (Å²) < 4.78 is 0. The number of aromatic nitrogens is 1. The largest absolute Gasteiger partial charge is 0.235 e. The van der Waals surface area contributed by atoms with E-state index in [9.17, 15) is 0 Å². The lowest BCUT2D eigenvalue weighted by atomic mass is 9.87. The molecule has 0 saturated heterocycles. The summed E-state index contributed by atoms with van der Waals surface area (Å²) in [5, 5.41) is 3.97. The van der Waals surface area contributed by atoms with Gasteiger partial charge in [-0.15, -0.1) is 0 Å². The molecule has 0 unspecified atom stereocenters. The molecule has 0 spiro atoms. The van der Waals surface area contributed by atoms with E-state index >= 15 is 0 Å². The normalized spacial score (nSPS) is 12.2. The van der Waals surface area contributed by atoms with Gasteiger partial charge in [-0.1, -0.05) is 62.7 Å². The van der Waals surface area contributed by atoms with Gasteiger partial charge in [-0.05, 0) is 34.9 Å². The molecule has 0 amide bonds. The van der Waals surface area contributed by atoms with Gasteiger partial charge in [0.1, 0.15) is 5.15 Å². The number of rotatable bonds is 1. The molecular weight excluding hydrogens is 266 g/mol. The lowest BCUT2D eigenvalue weighted by Crippen LogP contribution is -2.08. The zero-order valence-electron chi connectivity index (χ0n) is 12.1. The van der Waals surface area contributed by atoms with E-state index in [4.69, 9.17) is 11.6 Å². The highest BCUT2D eigenvalue weighted by Crippen LogP contribution is 2.31. The Balaban J connectivity index is 2.27. The molecule has 1 aromatic heterocycles. The van der Waals surface area contributed by atoms with Gasteiger partial charge >= 0.3 is 0 Å². The Labute approximate surface area is 124 Å². The molecular formula is C18H18ClN. The maximum atomic E-state index is 6.27. The molecule has 0 aliphatic rings. The smallest absolute Gasteiger partial charge is 0.137 e. The molecule has 0 atom stereocenters. The molecule has 3 aromatic rings. The van der Waals surface area contributed by atoms with Gasteiger partial charge in [-0.3, -0.25) is 0 Å². The van der Waals surface area contributed by atoms with E-state index < -0.39 is 0 Å². The molecule has 1 heterocycles. The Bertz CT molecular complexity index is 784. The summed E-state index contributed by atoms with van der Waals surface area (Å²) in [5.41, 5.74) is 2.59. The monoisotopic (exact) mass is 283 g/mol. The van der Waals surface area contributed by atoms with Gasteiger partial charge in [0, 0.05) is 10.8 Å². The lowest BCUT2D eigenvalue weighted by Gasteiger charge is -2.18. The standard InChI is InChI=1S/C18H18ClN/c1-18(2,3)11-12-8-9-16-15(10-12)13-6-4-5-7-14(13)17(19)20-16/h4-10H,11H2,1-3H3. The molecule has 0 fully saturated rings. The number of hydrogen-bond donors (Lipinski definition) is 0. The number of hydrogen-bond acceptors (Lipinski definition) is 1. The van der Waals surface area contributed by atoms with E-state index in [1.165, 1.54) is 16.3 Å². The fraction of sp³-hybridized carbons (Fsp3) is 0.278. The van der Waals surface area contributed by atoms with Crippen LogP contribution < -0.4 is 0 Å². The van der Waals surface area contributed by atoms with Crippen LogP contribution in [0.4, 0.5) is 0 Å². The van der Waals surface area contributed by atoms with E-state index in [1.54, 1.807) is 0 Å². The first-order chi connectivity index (χ1) is 9.44. The molecule has 3 rings (SSSR count). The van der Waals surface area contributed by atoms with Crippen molar-refractivity contribution < 1.29 is 0 Å². The lowest BCUT2D eigenvalue weighted by molar-refractivity contribution is 0.411. The van der Waals surface area contributed by atoms with Crippen molar-refractivity contribution in [3.8, 4) is 0 Å². The van der Waals surface area contributed by atoms with Crippen molar-refractivity contribution in [2.24, 2.45) is 5.41 Å². The minimum absolute atomic E-state index is 0.281. The van der Waals surface area contributed by atoms with Crippen LogP contribution in [0.1, 0.15) is 26.3 Å². The topological polar surface area (TPSA) is 12.9 Å². The molecule has 0 radical (unpaired) electrons. The van der Waals surface area contributed by atoms with Gasteiger partial charge in [-0.2, -0.15) is 0 Å². The average Bonchev–Trinajstić information content (AvgIpc) is 2.38. The third kappa shape index (κ3) is 2.51. The van der Waals surface area contributed by atoms with E-state index in [0.29, 0.717) is 5.15 Å². The Morgan fingerprint density at radius 3 is 2.35 bits per heavy atom. The minimum Gasteiger partial charge on any atom is -0.235 e. The van der Waals surface area contributed by atoms with Gasteiger partial charge in [0.25, 0.3) is 0 Å². The minimum atomic E-state index is 0.281. The summed E-state index contributed by atoms with van der Waals surface area (Å²) in [5.74, 6) is 0. The Hall–Kier alpha value is -1.60. The summed E-state index contributed by atoms with van der Waals surface area (Å²) in [6, 6.07) is 14.7. The zero-order chi connectivity index (χ0) is 14.3. The molecule has 102 valence electrons. The third-order valence-corrected chi connectivity index (χ3v) is 3.74. The molecule has 0 aliphatic heterocycles. The fourth-order valence-corrected chi connectivity index (χ4v) is 2.94. The first-order valence-corrected chi connectivity index (χ1v) is 7.29. The first-order valence-electron chi connectivity index (χ1n) is 6.91. The number of fused-ring (bicyclic) bond motifs is 3. The second-order valence-electron chi connectivity index (χ2n) is 6.54. The van der Waals surface area contributed by atoms with Crippen LogP contribution in [-0.4, -0.2) is 4.98 Å². The second kappa shape index (κ2) is 4.75. The Morgan fingerprint density at radius 1 is 0.950 bits per heavy atom. The summed E-state index contributed by atoms with van der Waals surface area (Å²) in [6.45, 7) is 6.78. The van der Waals surface area contributed by atoms with Crippen molar-refractivity contribution in [2.45, 2.75) is 27.2 Å². The molecule has 2 aromatic carbocycles. The number of halogens is 1. The summed E-state index contributed by atoms with van der Waals surface area (Å²) in [4.78, 5) is 4.51. The van der Waals surface area contributed by atoms with Gasteiger partial charge in [0.05, 0.1) is 5.52 Å². The van der Waals surface area contributed by atoms with Crippen molar-refractivity contribution in [2.75, 3.05) is 0 Å². The van der Waals surface area contributed by atoms with Crippen molar-refractivity contribution in [3.63, 3.8) is 0 Å². The molecule has 1 nitrogen and oxygen atoms in total. The van der Waals surface area contributed by atoms with Crippen LogP contribution in [0.15, 0.2) is 42.5 Å². The van der Waals surface area contributed by atoms with Crippen LogP contribution in [0.5, 0.6) is 0 Å². The fourth-order valence-electron chi connectivity index (χ4n) is 2.68. The Kier molecular flexibility index (Phi) is 3.18. The summed E-state index contributed by atoms with van der Waals surface area (Å²) >= 11 is 6.27. The van der Waals surface area contributed by atoms with Crippen LogP contribution >= 0.6 is 11.6 Å². The molecule has 0 aliphatic carbocycles. The summed E-state index contributed by atoms with van der Waals surface area (Å²) in [7, 11) is 0. The van der Waals surface area contributed by atoms with E-state index in [1.807, 2.05) is 12.1 Å². The predicted molar refractivity (Wildman–Crippen MR) is 87.4 cm³/mol. The number of pyridine rings is 1. The third-order valence-electron chi connectivity index (χ3n) is 3.45. The zero-order valence-corrected chi connectivity index (χ0v) is 12.8. The van der Waals surface area contributed by atoms with Gasteiger partial charge < -0.3 is 0 Å². The van der Waals surface area contributed by atoms with Crippen LogP contribution in [0.25, 0.3) is 21.7 Å².